The number of rotatable bonds is 3. The lowest BCUT2D eigenvalue weighted by Gasteiger charge is -2.40. The van der Waals surface area contributed by atoms with E-state index in [-0.39, 0.29) is 12.0 Å². The van der Waals surface area contributed by atoms with E-state index in [1.54, 1.807) is 6.07 Å². The highest BCUT2D eigenvalue weighted by atomic mass is 16.5. The first-order valence-corrected chi connectivity index (χ1v) is 6.56. The van der Waals surface area contributed by atoms with Gasteiger partial charge in [-0.2, -0.15) is 0 Å². The molecule has 1 aliphatic rings. The normalized spacial score (nSPS) is 15.0. The molecule has 0 radical (unpaired) electrons. The molecule has 2 aromatic rings. The molecule has 1 aromatic carbocycles. The molecule has 1 aliphatic heterocycles. The van der Waals surface area contributed by atoms with E-state index in [2.05, 4.69) is 4.90 Å². The molecule has 1 saturated heterocycles. The van der Waals surface area contributed by atoms with Crippen LogP contribution < -0.4 is 10.6 Å². The molecule has 0 spiro atoms. The molecular formula is C15H17N3O2. The van der Waals surface area contributed by atoms with E-state index >= 15 is 0 Å². The minimum atomic E-state index is -0.333. The van der Waals surface area contributed by atoms with Crippen LogP contribution in [0.3, 0.4) is 0 Å². The molecule has 5 heteroatoms. The third-order valence-electron chi connectivity index (χ3n) is 3.53. The number of carbonyl (C=O) groups is 1. The van der Waals surface area contributed by atoms with E-state index in [0.717, 1.165) is 24.5 Å². The molecule has 104 valence electrons. The SMILES string of the molecule is COC(=O)c1cccc(N2CC(N)C2)c1-n1cccc1. The van der Waals surface area contributed by atoms with E-state index in [1.807, 2.05) is 41.2 Å². The lowest BCUT2D eigenvalue weighted by atomic mass is 10.0. The summed E-state index contributed by atoms with van der Waals surface area (Å²) in [4.78, 5) is 14.2. The van der Waals surface area contributed by atoms with Crippen molar-refractivity contribution < 1.29 is 9.53 Å². The van der Waals surface area contributed by atoms with Gasteiger partial charge in [-0.15, -0.1) is 0 Å². The molecule has 3 rings (SSSR count). The summed E-state index contributed by atoms with van der Waals surface area (Å²) in [6, 6.07) is 9.73. The van der Waals surface area contributed by atoms with Gasteiger partial charge in [0.15, 0.2) is 0 Å². The maximum absolute atomic E-state index is 12.0. The predicted molar refractivity (Wildman–Crippen MR) is 77.3 cm³/mol. The van der Waals surface area contributed by atoms with Crippen LogP contribution in [-0.2, 0) is 4.74 Å². The Kier molecular flexibility index (Phi) is 3.20. The number of aromatic nitrogens is 1. The van der Waals surface area contributed by atoms with Crippen molar-refractivity contribution in [2.24, 2.45) is 5.73 Å². The van der Waals surface area contributed by atoms with Crippen molar-refractivity contribution in [3.63, 3.8) is 0 Å². The third-order valence-corrected chi connectivity index (χ3v) is 3.53. The molecule has 0 unspecified atom stereocenters. The third kappa shape index (κ3) is 2.06. The fourth-order valence-corrected chi connectivity index (χ4v) is 2.53. The summed E-state index contributed by atoms with van der Waals surface area (Å²) in [6.45, 7) is 1.61. The maximum Gasteiger partial charge on any atom is 0.340 e. The Bertz CT molecular complexity index is 616. The first-order chi connectivity index (χ1) is 9.70. The molecule has 0 bridgehead atoms. The number of methoxy groups -OCH3 is 1. The highest BCUT2D eigenvalue weighted by Crippen LogP contribution is 2.31. The van der Waals surface area contributed by atoms with Crippen molar-refractivity contribution in [1.82, 2.24) is 4.57 Å². The summed E-state index contributed by atoms with van der Waals surface area (Å²) in [5.74, 6) is -0.333. The number of esters is 1. The Hall–Kier alpha value is -2.27. The summed E-state index contributed by atoms with van der Waals surface area (Å²) >= 11 is 0. The molecule has 0 aliphatic carbocycles. The van der Waals surface area contributed by atoms with Gasteiger partial charge in [0.1, 0.15) is 0 Å². The van der Waals surface area contributed by atoms with Gasteiger partial charge in [0.2, 0.25) is 0 Å². The van der Waals surface area contributed by atoms with Gasteiger partial charge in [0.05, 0.1) is 24.0 Å². The van der Waals surface area contributed by atoms with Crippen LogP contribution in [0.2, 0.25) is 0 Å². The van der Waals surface area contributed by atoms with Gasteiger partial charge in [0.25, 0.3) is 0 Å². The Morgan fingerprint density at radius 2 is 1.95 bits per heavy atom. The fourth-order valence-electron chi connectivity index (χ4n) is 2.53. The molecule has 5 nitrogen and oxygen atoms in total. The van der Waals surface area contributed by atoms with Crippen LogP contribution in [0.15, 0.2) is 42.7 Å². The zero-order valence-corrected chi connectivity index (χ0v) is 11.3. The van der Waals surface area contributed by atoms with Gasteiger partial charge in [-0.05, 0) is 24.3 Å². The number of hydrogen-bond donors (Lipinski definition) is 1. The number of carbonyl (C=O) groups excluding carboxylic acids is 1. The Labute approximate surface area is 117 Å². The minimum absolute atomic E-state index is 0.203. The number of anilines is 1. The van der Waals surface area contributed by atoms with Crippen LogP contribution in [0.4, 0.5) is 5.69 Å². The average Bonchev–Trinajstić information content (AvgIpc) is 2.96. The molecule has 2 N–H and O–H groups in total. The molecule has 0 amide bonds. The molecule has 20 heavy (non-hydrogen) atoms. The smallest absolute Gasteiger partial charge is 0.340 e. The number of nitrogens with zero attached hydrogens (tertiary/aromatic N) is 2. The number of para-hydroxylation sites is 1. The first-order valence-electron chi connectivity index (χ1n) is 6.56. The predicted octanol–water partition coefficient (Wildman–Crippen LogP) is 1.41. The fraction of sp³-hybridized carbons (Fsp3) is 0.267. The van der Waals surface area contributed by atoms with Crippen molar-refractivity contribution in [1.29, 1.82) is 0 Å². The maximum atomic E-state index is 12.0. The van der Waals surface area contributed by atoms with Crippen LogP contribution in [0.1, 0.15) is 10.4 Å². The van der Waals surface area contributed by atoms with Crippen LogP contribution >= 0.6 is 0 Å². The summed E-state index contributed by atoms with van der Waals surface area (Å²) < 4.78 is 6.82. The second-order valence-corrected chi connectivity index (χ2v) is 4.92. The largest absolute Gasteiger partial charge is 0.465 e. The molecule has 2 heterocycles. The van der Waals surface area contributed by atoms with E-state index in [0.29, 0.717) is 5.56 Å². The van der Waals surface area contributed by atoms with Gasteiger partial charge in [0, 0.05) is 31.5 Å². The summed E-state index contributed by atoms with van der Waals surface area (Å²) in [5, 5.41) is 0. The lowest BCUT2D eigenvalue weighted by molar-refractivity contribution is 0.0601. The molecular weight excluding hydrogens is 254 g/mol. The van der Waals surface area contributed by atoms with Crippen LogP contribution in [0.25, 0.3) is 5.69 Å². The number of benzene rings is 1. The van der Waals surface area contributed by atoms with Crippen molar-refractivity contribution in [3.8, 4) is 5.69 Å². The Morgan fingerprint density at radius 1 is 1.25 bits per heavy atom. The first kappa shape index (κ1) is 12.7. The Balaban J connectivity index is 2.12. The monoisotopic (exact) mass is 271 g/mol. The van der Waals surface area contributed by atoms with E-state index < -0.39 is 0 Å². The van der Waals surface area contributed by atoms with E-state index in [1.165, 1.54) is 7.11 Å². The Morgan fingerprint density at radius 3 is 2.55 bits per heavy atom. The second kappa shape index (κ2) is 5.02. The number of nitrogens with two attached hydrogens (primary N) is 1. The summed E-state index contributed by atoms with van der Waals surface area (Å²) in [6.07, 6.45) is 3.84. The minimum Gasteiger partial charge on any atom is -0.465 e. The van der Waals surface area contributed by atoms with Gasteiger partial charge >= 0.3 is 5.97 Å². The standard InChI is InChI=1S/C15H17N3O2/c1-20-15(19)12-5-4-6-13(18-9-11(16)10-18)14(12)17-7-2-3-8-17/h2-8,11H,9-10,16H2,1H3. The molecule has 1 fully saturated rings. The van der Waals surface area contributed by atoms with Crippen molar-refractivity contribution in [2.45, 2.75) is 6.04 Å². The average molecular weight is 271 g/mol. The van der Waals surface area contributed by atoms with Crippen LogP contribution in [0.5, 0.6) is 0 Å². The summed E-state index contributed by atoms with van der Waals surface area (Å²) in [5.41, 5.74) is 8.27. The van der Waals surface area contributed by atoms with Gasteiger partial charge < -0.3 is 19.9 Å². The van der Waals surface area contributed by atoms with Gasteiger partial charge in [-0.25, -0.2) is 4.79 Å². The zero-order chi connectivity index (χ0) is 14.1. The lowest BCUT2D eigenvalue weighted by Crippen LogP contribution is -2.56. The van der Waals surface area contributed by atoms with Gasteiger partial charge in [-0.3, -0.25) is 0 Å². The number of hydrogen-bond acceptors (Lipinski definition) is 4. The van der Waals surface area contributed by atoms with Gasteiger partial charge in [-0.1, -0.05) is 6.07 Å². The molecule has 0 atom stereocenters. The van der Waals surface area contributed by atoms with Crippen LogP contribution in [0, 0.1) is 0 Å². The second-order valence-electron chi connectivity index (χ2n) is 4.92. The van der Waals surface area contributed by atoms with Crippen molar-refractivity contribution >= 4 is 11.7 Å². The van der Waals surface area contributed by atoms with Crippen molar-refractivity contribution in [2.75, 3.05) is 25.1 Å². The van der Waals surface area contributed by atoms with E-state index in [9.17, 15) is 4.79 Å². The molecule has 0 saturated carbocycles. The van der Waals surface area contributed by atoms with Crippen molar-refractivity contribution in [3.05, 3.63) is 48.3 Å². The summed E-state index contributed by atoms with van der Waals surface area (Å²) in [7, 11) is 1.40. The number of ether oxygens (including phenoxy) is 1. The zero-order valence-electron chi connectivity index (χ0n) is 11.3. The molecule has 1 aromatic heterocycles. The highest BCUT2D eigenvalue weighted by molar-refractivity contribution is 5.96. The quantitative estimate of drug-likeness (QED) is 0.857. The topological polar surface area (TPSA) is 60.5 Å². The van der Waals surface area contributed by atoms with E-state index in [4.69, 9.17) is 10.5 Å². The highest BCUT2D eigenvalue weighted by Gasteiger charge is 2.27. The van der Waals surface area contributed by atoms with Crippen LogP contribution in [-0.4, -0.2) is 36.8 Å².